The van der Waals surface area contributed by atoms with Crippen LogP contribution in [0.1, 0.15) is 10.4 Å². The van der Waals surface area contributed by atoms with E-state index in [4.69, 9.17) is 27.9 Å². The monoisotopic (exact) mass is 460 g/mol. The number of nitrogens with one attached hydrogen (secondary N) is 2. The van der Waals surface area contributed by atoms with Gasteiger partial charge < -0.3 is 15.4 Å². The molecule has 0 radical (unpaired) electrons. The number of carbonyl (C=O) groups is 2. The van der Waals surface area contributed by atoms with Crippen molar-refractivity contribution < 1.29 is 14.3 Å². The molecule has 5 nitrogen and oxygen atoms in total. The van der Waals surface area contributed by atoms with E-state index in [1.54, 1.807) is 48.5 Å². The average Bonchev–Trinajstić information content (AvgIpc) is 2.73. The van der Waals surface area contributed by atoms with E-state index in [9.17, 15) is 9.59 Å². The molecule has 0 aromatic heterocycles. The summed E-state index contributed by atoms with van der Waals surface area (Å²) in [6.45, 7) is 0. The standard InChI is InChI=1S/C22H18Cl2N2O3S/c1-29-20-9-8-17(12-19(20)24)25-21(27)13-30-18-7-3-6-16(11-18)26-22(28)14-4-2-5-15(23)10-14/h2-12H,13H2,1H3,(H,25,27)(H,26,28). The molecule has 30 heavy (non-hydrogen) atoms. The fourth-order valence-electron chi connectivity index (χ4n) is 2.59. The molecule has 3 rings (SSSR count). The number of anilines is 2. The minimum absolute atomic E-state index is 0.172. The predicted octanol–water partition coefficient (Wildman–Crippen LogP) is 5.99. The number of rotatable bonds is 7. The Morgan fingerprint density at radius 2 is 1.70 bits per heavy atom. The van der Waals surface area contributed by atoms with Crippen LogP contribution < -0.4 is 15.4 Å². The molecule has 0 spiro atoms. The fourth-order valence-corrected chi connectivity index (χ4v) is 3.79. The Kier molecular flexibility index (Phi) is 7.63. The summed E-state index contributed by atoms with van der Waals surface area (Å²) in [7, 11) is 1.53. The lowest BCUT2D eigenvalue weighted by Gasteiger charge is -2.09. The Balaban J connectivity index is 1.56. The highest BCUT2D eigenvalue weighted by Crippen LogP contribution is 2.28. The van der Waals surface area contributed by atoms with Crippen molar-refractivity contribution in [3.05, 3.63) is 82.3 Å². The molecule has 0 aliphatic heterocycles. The summed E-state index contributed by atoms with van der Waals surface area (Å²) in [4.78, 5) is 25.5. The maximum atomic E-state index is 12.4. The van der Waals surface area contributed by atoms with Crippen molar-refractivity contribution in [1.29, 1.82) is 0 Å². The zero-order chi connectivity index (χ0) is 21.5. The molecule has 8 heteroatoms. The van der Waals surface area contributed by atoms with E-state index in [1.807, 2.05) is 18.2 Å². The maximum Gasteiger partial charge on any atom is 0.255 e. The van der Waals surface area contributed by atoms with Crippen molar-refractivity contribution in [2.45, 2.75) is 4.90 Å². The van der Waals surface area contributed by atoms with Crippen LogP contribution in [-0.4, -0.2) is 24.7 Å². The third-order valence-corrected chi connectivity index (χ3v) is 5.51. The highest BCUT2D eigenvalue weighted by Gasteiger charge is 2.09. The predicted molar refractivity (Wildman–Crippen MR) is 123 cm³/mol. The van der Waals surface area contributed by atoms with Crippen LogP contribution in [-0.2, 0) is 4.79 Å². The number of thioether (sulfide) groups is 1. The quantitative estimate of drug-likeness (QED) is 0.425. The molecule has 0 atom stereocenters. The fraction of sp³-hybridized carbons (Fsp3) is 0.0909. The third kappa shape index (κ3) is 6.16. The first-order valence-electron chi connectivity index (χ1n) is 8.88. The first kappa shape index (κ1) is 22.0. The number of amides is 2. The van der Waals surface area contributed by atoms with Gasteiger partial charge in [-0.25, -0.2) is 0 Å². The van der Waals surface area contributed by atoms with Gasteiger partial charge in [0, 0.05) is 26.9 Å². The zero-order valence-electron chi connectivity index (χ0n) is 15.9. The van der Waals surface area contributed by atoms with Gasteiger partial charge in [0.1, 0.15) is 5.75 Å². The van der Waals surface area contributed by atoms with Crippen molar-refractivity contribution in [2.75, 3.05) is 23.5 Å². The second-order valence-corrected chi connectivity index (χ2v) is 8.07. The SMILES string of the molecule is COc1ccc(NC(=O)CSc2cccc(NC(=O)c3cccc(Cl)c3)c2)cc1Cl. The summed E-state index contributed by atoms with van der Waals surface area (Å²) in [5.74, 6) is 0.319. The van der Waals surface area contributed by atoms with E-state index in [0.717, 1.165) is 4.90 Å². The Morgan fingerprint density at radius 1 is 0.933 bits per heavy atom. The molecule has 0 saturated carbocycles. The van der Waals surface area contributed by atoms with Gasteiger partial charge >= 0.3 is 0 Å². The zero-order valence-corrected chi connectivity index (χ0v) is 18.3. The molecular weight excluding hydrogens is 443 g/mol. The first-order chi connectivity index (χ1) is 14.4. The second kappa shape index (κ2) is 10.4. The highest BCUT2D eigenvalue weighted by atomic mass is 35.5. The number of hydrogen-bond donors (Lipinski definition) is 2. The molecule has 0 heterocycles. The van der Waals surface area contributed by atoms with Gasteiger partial charge in [0.2, 0.25) is 5.91 Å². The number of methoxy groups -OCH3 is 1. The van der Waals surface area contributed by atoms with Crippen LogP contribution in [0.15, 0.2) is 71.6 Å². The number of halogens is 2. The third-order valence-electron chi connectivity index (χ3n) is 3.98. The van der Waals surface area contributed by atoms with Gasteiger partial charge in [-0.15, -0.1) is 11.8 Å². The molecule has 0 fully saturated rings. The summed E-state index contributed by atoms with van der Waals surface area (Å²) in [5.41, 5.74) is 1.69. The lowest BCUT2D eigenvalue weighted by atomic mass is 10.2. The van der Waals surface area contributed by atoms with Crippen LogP contribution in [0.5, 0.6) is 5.75 Å². The van der Waals surface area contributed by atoms with Gasteiger partial charge in [-0.3, -0.25) is 9.59 Å². The van der Waals surface area contributed by atoms with Crippen LogP contribution in [0.3, 0.4) is 0 Å². The largest absolute Gasteiger partial charge is 0.495 e. The second-order valence-electron chi connectivity index (χ2n) is 6.18. The van der Waals surface area contributed by atoms with Gasteiger partial charge in [0.05, 0.1) is 17.9 Å². The van der Waals surface area contributed by atoms with Crippen molar-refractivity contribution in [2.24, 2.45) is 0 Å². The van der Waals surface area contributed by atoms with E-state index in [-0.39, 0.29) is 17.6 Å². The Hall–Kier alpha value is -2.67. The first-order valence-corrected chi connectivity index (χ1v) is 10.6. The molecule has 3 aromatic rings. The van der Waals surface area contributed by atoms with Crippen LogP contribution >= 0.6 is 35.0 Å². The van der Waals surface area contributed by atoms with Crippen LogP contribution in [0.25, 0.3) is 0 Å². The molecule has 2 N–H and O–H groups in total. The van der Waals surface area contributed by atoms with Crippen molar-refractivity contribution in [3.8, 4) is 5.75 Å². The number of benzene rings is 3. The summed E-state index contributed by atoms with van der Waals surface area (Å²) in [6, 6.07) is 19.1. The maximum absolute atomic E-state index is 12.4. The van der Waals surface area contributed by atoms with Crippen LogP contribution in [0.2, 0.25) is 10.0 Å². The topological polar surface area (TPSA) is 67.4 Å². The molecule has 0 unspecified atom stereocenters. The van der Waals surface area contributed by atoms with Crippen molar-refractivity contribution >= 4 is 58.2 Å². The molecular formula is C22H18Cl2N2O3S. The Labute approximate surface area is 188 Å². The smallest absolute Gasteiger partial charge is 0.255 e. The molecule has 3 aromatic carbocycles. The molecule has 0 aliphatic rings. The molecule has 0 aliphatic carbocycles. The minimum Gasteiger partial charge on any atom is -0.495 e. The molecule has 2 amide bonds. The number of hydrogen-bond acceptors (Lipinski definition) is 4. The molecule has 0 saturated heterocycles. The number of ether oxygens (including phenoxy) is 1. The van der Waals surface area contributed by atoms with Gasteiger partial charge in [-0.05, 0) is 54.6 Å². The lowest BCUT2D eigenvalue weighted by Crippen LogP contribution is -2.14. The van der Waals surface area contributed by atoms with Gasteiger partial charge in [-0.1, -0.05) is 35.3 Å². The van der Waals surface area contributed by atoms with E-state index < -0.39 is 0 Å². The van der Waals surface area contributed by atoms with Crippen LogP contribution in [0.4, 0.5) is 11.4 Å². The van der Waals surface area contributed by atoms with E-state index in [1.165, 1.54) is 18.9 Å². The van der Waals surface area contributed by atoms with E-state index in [2.05, 4.69) is 10.6 Å². The minimum atomic E-state index is -0.256. The number of carbonyl (C=O) groups excluding carboxylic acids is 2. The van der Waals surface area contributed by atoms with E-state index in [0.29, 0.717) is 32.7 Å². The van der Waals surface area contributed by atoms with Crippen molar-refractivity contribution in [3.63, 3.8) is 0 Å². The van der Waals surface area contributed by atoms with Crippen LogP contribution in [0, 0.1) is 0 Å². The van der Waals surface area contributed by atoms with Gasteiger partial charge in [0.15, 0.2) is 0 Å². The average molecular weight is 461 g/mol. The van der Waals surface area contributed by atoms with Gasteiger partial charge in [-0.2, -0.15) is 0 Å². The summed E-state index contributed by atoms with van der Waals surface area (Å²) in [6.07, 6.45) is 0. The van der Waals surface area contributed by atoms with Gasteiger partial charge in [0.25, 0.3) is 5.91 Å². The summed E-state index contributed by atoms with van der Waals surface area (Å²) < 4.78 is 5.10. The van der Waals surface area contributed by atoms with Crippen molar-refractivity contribution in [1.82, 2.24) is 0 Å². The summed E-state index contributed by atoms with van der Waals surface area (Å²) >= 11 is 13.4. The summed E-state index contributed by atoms with van der Waals surface area (Å²) in [5, 5.41) is 6.55. The lowest BCUT2D eigenvalue weighted by molar-refractivity contribution is -0.113. The normalized spacial score (nSPS) is 10.4. The van der Waals surface area contributed by atoms with E-state index >= 15 is 0 Å². The molecule has 154 valence electrons. The Bertz CT molecular complexity index is 1080. The molecule has 0 bridgehead atoms. The Morgan fingerprint density at radius 3 is 2.43 bits per heavy atom. The highest BCUT2D eigenvalue weighted by molar-refractivity contribution is 8.00.